The number of halogens is 2. The molecule has 0 bridgehead atoms. The summed E-state index contributed by atoms with van der Waals surface area (Å²) in [6.07, 6.45) is 4.09. The van der Waals surface area contributed by atoms with Gasteiger partial charge in [0.25, 0.3) is 0 Å². The summed E-state index contributed by atoms with van der Waals surface area (Å²) in [5, 5.41) is 3.22. The van der Waals surface area contributed by atoms with E-state index in [1.54, 1.807) is 13.3 Å². The van der Waals surface area contributed by atoms with E-state index in [4.69, 9.17) is 9.72 Å². The lowest BCUT2D eigenvalue weighted by Crippen LogP contribution is -2.18. The number of anilines is 2. The van der Waals surface area contributed by atoms with Crippen LogP contribution in [0.25, 0.3) is 11.3 Å². The molecular formula is C32H27F2N5O. The van der Waals surface area contributed by atoms with Gasteiger partial charge in [0.1, 0.15) is 17.4 Å². The zero-order valence-electron chi connectivity index (χ0n) is 22.0. The second-order valence-electron chi connectivity index (χ2n) is 9.73. The summed E-state index contributed by atoms with van der Waals surface area (Å²) < 4.78 is 35.4. The van der Waals surface area contributed by atoms with Crippen molar-refractivity contribution in [1.82, 2.24) is 14.9 Å². The van der Waals surface area contributed by atoms with Crippen LogP contribution in [0.2, 0.25) is 0 Å². The molecule has 0 amide bonds. The summed E-state index contributed by atoms with van der Waals surface area (Å²) in [4.78, 5) is 16.3. The van der Waals surface area contributed by atoms with Crippen LogP contribution in [0.5, 0.6) is 5.75 Å². The standard InChI is InChI=1S/C32H27F2N5O/c1-40-24-9-4-8-23(18-24)37-32-36-20-22-19-35-31(29-27(33)10-5-11-28(29)34)26-17-21(12-13-25(26)30(22)38-32)7-6-16-39-14-2-3-15-39/h4-5,8-13,17-18,20H,2-3,14-16,19H2,1H3,(H,36,37,38). The fraction of sp³-hybridized carbons (Fsp3) is 0.219. The van der Waals surface area contributed by atoms with Crippen LogP contribution in [0.3, 0.4) is 0 Å². The fourth-order valence-corrected chi connectivity index (χ4v) is 5.05. The van der Waals surface area contributed by atoms with Crippen molar-refractivity contribution in [3.05, 3.63) is 101 Å². The maximum Gasteiger partial charge on any atom is 0.227 e. The predicted molar refractivity (Wildman–Crippen MR) is 152 cm³/mol. The zero-order valence-corrected chi connectivity index (χ0v) is 22.0. The number of ether oxygens (including phenoxy) is 1. The van der Waals surface area contributed by atoms with E-state index in [2.05, 4.69) is 32.0 Å². The van der Waals surface area contributed by atoms with Crippen LogP contribution >= 0.6 is 0 Å². The van der Waals surface area contributed by atoms with Gasteiger partial charge in [-0.25, -0.2) is 18.7 Å². The fourth-order valence-electron chi connectivity index (χ4n) is 5.05. The molecule has 0 unspecified atom stereocenters. The first-order valence-electron chi connectivity index (χ1n) is 13.2. The van der Waals surface area contributed by atoms with Crippen molar-refractivity contribution in [2.45, 2.75) is 19.4 Å². The van der Waals surface area contributed by atoms with Crippen molar-refractivity contribution in [3.63, 3.8) is 0 Å². The van der Waals surface area contributed by atoms with Gasteiger partial charge in [0.05, 0.1) is 37.2 Å². The van der Waals surface area contributed by atoms with E-state index in [1.165, 1.54) is 31.0 Å². The number of methoxy groups -OCH3 is 1. The number of hydrogen-bond donors (Lipinski definition) is 1. The van der Waals surface area contributed by atoms with Gasteiger partial charge in [-0.3, -0.25) is 9.89 Å². The molecule has 2 aliphatic heterocycles. The second-order valence-corrected chi connectivity index (χ2v) is 9.73. The van der Waals surface area contributed by atoms with Crippen LogP contribution in [0, 0.1) is 23.5 Å². The minimum absolute atomic E-state index is 0.165. The number of hydrogen-bond acceptors (Lipinski definition) is 6. The number of nitrogens with one attached hydrogen (secondary N) is 1. The molecule has 1 fully saturated rings. The molecule has 2 aliphatic rings. The minimum Gasteiger partial charge on any atom is -0.497 e. The average Bonchev–Trinajstić information content (AvgIpc) is 3.43. The molecule has 40 heavy (non-hydrogen) atoms. The predicted octanol–water partition coefficient (Wildman–Crippen LogP) is 5.97. The number of likely N-dealkylation sites (tertiary alicyclic amines) is 1. The number of rotatable bonds is 5. The van der Waals surface area contributed by atoms with Crippen LogP contribution < -0.4 is 10.1 Å². The van der Waals surface area contributed by atoms with E-state index in [0.717, 1.165) is 29.9 Å². The minimum atomic E-state index is -0.673. The lowest BCUT2D eigenvalue weighted by atomic mass is 9.93. The molecule has 6 rings (SSSR count). The molecule has 1 aromatic heterocycles. The largest absolute Gasteiger partial charge is 0.497 e. The van der Waals surface area contributed by atoms with Crippen molar-refractivity contribution in [3.8, 4) is 28.8 Å². The third-order valence-corrected chi connectivity index (χ3v) is 7.06. The first-order valence-corrected chi connectivity index (χ1v) is 13.2. The van der Waals surface area contributed by atoms with E-state index in [-0.39, 0.29) is 17.8 Å². The van der Waals surface area contributed by atoms with Gasteiger partial charge in [-0.05, 0) is 62.3 Å². The Labute approximate surface area is 231 Å². The van der Waals surface area contributed by atoms with Gasteiger partial charge in [-0.1, -0.05) is 30.0 Å². The Balaban J connectivity index is 1.43. The number of fused-ring (bicyclic) bond motifs is 3. The molecule has 0 saturated carbocycles. The highest BCUT2D eigenvalue weighted by molar-refractivity contribution is 6.17. The maximum absolute atomic E-state index is 15.0. The SMILES string of the molecule is COc1cccc(Nc2ncc3c(n2)-c2ccc(C#CCN4CCCC4)cc2C(c2c(F)cccc2F)=NC3)c1. The van der Waals surface area contributed by atoms with E-state index < -0.39 is 11.6 Å². The quantitative estimate of drug-likeness (QED) is 0.319. The highest BCUT2D eigenvalue weighted by Crippen LogP contribution is 2.34. The summed E-state index contributed by atoms with van der Waals surface area (Å²) in [6.45, 7) is 2.98. The van der Waals surface area contributed by atoms with Crippen LogP contribution in [0.15, 0.2) is 71.9 Å². The Bertz CT molecular complexity index is 1650. The van der Waals surface area contributed by atoms with Crippen LogP contribution in [-0.2, 0) is 6.54 Å². The molecule has 0 atom stereocenters. The Morgan fingerprint density at radius 1 is 0.975 bits per heavy atom. The van der Waals surface area contributed by atoms with Crippen LogP contribution in [0.4, 0.5) is 20.4 Å². The molecule has 0 aliphatic carbocycles. The molecule has 4 aromatic rings. The Morgan fingerprint density at radius 3 is 2.58 bits per heavy atom. The van der Waals surface area contributed by atoms with Crippen molar-refractivity contribution in [1.29, 1.82) is 0 Å². The van der Waals surface area contributed by atoms with E-state index in [9.17, 15) is 0 Å². The molecule has 3 heterocycles. The third kappa shape index (κ3) is 5.29. The topological polar surface area (TPSA) is 62.6 Å². The first kappa shape index (κ1) is 25.7. The number of benzene rings is 3. The lowest BCUT2D eigenvalue weighted by molar-refractivity contribution is 0.383. The molecule has 6 nitrogen and oxygen atoms in total. The first-order chi connectivity index (χ1) is 19.6. The maximum atomic E-state index is 15.0. The van der Waals surface area contributed by atoms with Gasteiger partial charge in [0, 0.05) is 40.2 Å². The summed E-state index contributed by atoms with van der Waals surface area (Å²) in [7, 11) is 1.61. The Kier molecular flexibility index (Phi) is 7.21. The van der Waals surface area contributed by atoms with Gasteiger partial charge in [-0.2, -0.15) is 0 Å². The van der Waals surface area contributed by atoms with Crippen LogP contribution in [0.1, 0.15) is 35.1 Å². The summed E-state index contributed by atoms with van der Waals surface area (Å²) in [6, 6.07) is 17.0. The number of nitrogens with zero attached hydrogens (tertiary/aromatic N) is 4. The highest BCUT2D eigenvalue weighted by Gasteiger charge is 2.25. The summed E-state index contributed by atoms with van der Waals surface area (Å²) in [5.74, 6) is 6.22. The lowest BCUT2D eigenvalue weighted by Gasteiger charge is -2.14. The number of aliphatic imine (C=N–C) groups is 1. The van der Waals surface area contributed by atoms with Gasteiger partial charge < -0.3 is 10.1 Å². The molecule has 0 spiro atoms. The zero-order chi connectivity index (χ0) is 27.5. The smallest absolute Gasteiger partial charge is 0.227 e. The normalized spacial score (nSPS) is 14.3. The molecule has 1 N–H and O–H groups in total. The van der Waals surface area contributed by atoms with Gasteiger partial charge in [0.2, 0.25) is 5.95 Å². The molecule has 0 radical (unpaired) electrons. The Morgan fingerprint density at radius 2 is 1.77 bits per heavy atom. The number of aromatic nitrogens is 2. The monoisotopic (exact) mass is 535 g/mol. The summed E-state index contributed by atoms with van der Waals surface area (Å²) in [5.41, 5.74) is 4.24. The Hall–Kier alpha value is -4.61. The molecule has 1 saturated heterocycles. The second kappa shape index (κ2) is 11.2. The van der Waals surface area contributed by atoms with E-state index in [0.29, 0.717) is 35.1 Å². The van der Waals surface area contributed by atoms with E-state index >= 15 is 8.78 Å². The van der Waals surface area contributed by atoms with Crippen LogP contribution in [-0.4, -0.2) is 47.3 Å². The van der Waals surface area contributed by atoms with Crippen molar-refractivity contribution >= 4 is 17.3 Å². The molecule has 8 heteroatoms. The third-order valence-electron chi connectivity index (χ3n) is 7.06. The molecular weight excluding hydrogens is 508 g/mol. The highest BCUT2D eigenvalue weighted by atomic mass is 19.1. The van der Waals surface area contributed by atoms with Gasteiger partial charge in [-0.15, -0.1) is 0 Å². The average molecular weight is 536 g/mol. The van der Waals surface area contributed by atoms with Crippen molar-refractivity contribution in [2.75, 3.05) is 32.1 Å². The van der Waals surface area contributed by atoms with Crippen molar-refractivity contribution in [2.24, 2.45) is 4.99 Å². The summed E-state index contributed by atoms with van der Waals surface area (Å²) >= 11 is 0. The van der Waals surface area contributed by atoms with E-state index in [1.807, 2.05) is 42.5 Å². The van der Waals surface area contributed by atoms with Crippen molar-refractivity contribution < 1.29 is 13.5 Å². The van der Waals surface area contributed by atoms with Gasteiger partial charge >= 0.3 is 0 Å². The van der Waals surface area contributed by atoms with Gasteiger partial charge in [0.15, 0.2) is 0 Å². The molecule has 3 aromatic carbocycles. The molecule has 200 valence electrons.